The highest BCUT2D eigenvalue weighted by molar-refractivity contribution is 7.91. The van der Waals surface area contributed by atoms with E-state index in [0.29, 0.717) is 4.90 Å². The predicted octanol–water partition coefficient (Wildman–Crippen LogP) is 4.24. The van der Waals surface area contributed by atoms with Gasteiger partial charge in [0.25, 0.3) is 0 Å². The molecule has 0 unspecified atom stereocenters. The maximum Gasteiger partial charge on any atom is 0.410 e. The van der Waals surface area contributed by atoms with Crippen molar-refractivity contribution in [1.82, 2.24) is 14.9 Å². The molecule has 10 heteroatoms. The lowest BCUT2D eigenvalue weighted by Gasteiger charge is -2.36. The van der Waals surface area contributed by atoms with Crippen molar-refractivity contribution >= 4 is 33.1 Å². The molecule has 0 spiro atoms. The number of amides is 1. The van der Waals surface area contributed by atoms with Crippen molar-refractivity contribution in [1.29, 1.82) is 0 Å². The topological polar surface area (TPSA) is 92.7 Å². The summed E-state index contributed by atoms with van der Waals surface area (Å²) in [5.41, 5.74) is 3.98. The third kappa shape index (κ3) is 5.56. The molecule has 3 heterocycles. The molecule has 2 aromatic heterocycles. The van der Waals surface area contributed by atoms with Crippen molar-refractivity contribution in [3.63, 3.8) is 0 Å². The molecule has 1 saturated heterocycles. The fourth-order valence-electron chi connectivity index (χ4n) is 3.95. The number of anilines is 1. The second-order valence-electron chi connectivity index (χ2n) is 8.18. The average molecular weight is 501 g/mol. The molecule has 1 fully saturated rings. The van der Waals surface area contributed by atoms with Crippen molar-refractivity contribution in [3.05, 3.63) is 59.0 Å². The standard InChI is InChI=1S/C24H28N4O4S2/c1-3-34(30,31)21-7-4-6-18(14-21)22-8-5-9-23(26-22)28-12-10-20(11-13-28)27(2)24(29)32-15-19-16-33-17-25-19/h4-9,14,16-17,20H,3,10-13,15H2,1-2H3. The highest BCUT2D eigenvalue weighted by atomic mass is 32.2. The largest absolute Gasteiger partial charge is 0.443 e. The number of sulfone groups is 1. The number of piperidine rings is 1. The number of hydrogen-bond acceptors (Lipinski definition) is 8. The number of thiazole rings is 1. The highest BCUT2D eigenvalue weighted by Gasteiger charge is 2.27. The van der Waals surface area contributed by atoms with Crippen LogP contribution in [0.15, 0.2) is 58.3 Å². The number of ether oxygens (including phenoxy) is 1. The van der Waals surface area contributed by atoms with Crippen LogP contribution in [-0.2, 0) is 21.2 Å². The Morgan fingerprint density at radius 3 is 2.68 bits per heavy atom. The first-order chi connectivity index (χ1) is 16.4. The van der Waals surface area contributed by atoms with Crippen molar-refractivity contribution in [3.8, 4) is 11.3 Å². The number of hydrogen-bond donors (Lipinski definition) is 0. The summed E-state index contributed by atoms with van der Waals surface area (Å²) in [7, 11) is -1.50. The van der Waals surface area contributed by atoms with Gasteiger partial charge in [-0.2, -0.15) is 0 Å². The molecule has 1 aromatic carbocycles. The van der Waals surface area contributed by atoms with E-state index in [2.05, 4.69) is 9.88 Å². The zero-order chi connectivity index (χ0) is 24.1. The summed E-state index contributed by atoms with van der Waals surface area (Å²) in [6.07, 6.45) is 1.27. The van der Waals surface area contributed by atoms with Crippen LogP contribution < -0.4 is 4.90 Å². The van der Waals surface area contributed by atoms with Crippen molar-refractivity contribution in [2.45, 2.75) is 37.3 Å². The molecule has 34 heavy (non-hydrogen) atoms. The average Bonchev–Trinajstić information content (AvgIpc) is 3.41. The molecule has 0 atom stereocenters. The van der Waals surface area contributed by atoms with E-state index >= 15 is 0 Å². The van der Waals surface area contributed by atoms with E-state index in [9.17, 15) is 13.2 Å². The molecular formula is C24H28N4O4S2. The number of aromatic nitrogens is 2. The Hall–Kier alpha value is -2.98. The van der Waals surface area contributed by atoms with Crippen LogP contribution in [0.4, 0.5) is 10.6 Å². The van der Waals surface area contributed by atoms with E-state index in [1.54, 1.807) is 42.6 Å². The van der Waals surface area contributed by atoms with Crippen LogP contribution in [-0.4, -0.2) is 61.3 Å². The molecule has 3 aromatic rings. The van der Waals surface area contributed by atoms with Crippen LogP contribution in [0.5, 0.6) is 0 Å². The maximum atomic E-state index is 12.4. The fraction of sp³-hybridized carbons (Fsp3) is 0.375. The van der Waals surface area contributed by atoms with Gasteiger partial charge in [-0.15, -0.1) is 11.3 Å². The molecule has 8 nitrogen and oxygen atoms in total. The van der Waals surface area contributed by atoms with E-state index in [0.717, 1.165) is 48.7 Å². The first-order valence-electron chi connectivity index (χ1n) is 11.2. The monoisotopic (exact) mass is 500 g/mol. The Bertz CT molecular complexity index is 1220. The molecule has 1 amide bonds. The Balaban J connectivity index is 1.38. The Morgan fingerprint density at radius 1 is 1.21 bits per heavy atom. The molecule has 4 rings (SSSR count). The fourth-order valence-corrected chi connectivity index (χ4v) is 5.42. The zero-order valence-corrected chi connectivity index (χ0v) is 20.9. The van der Waals surface area contributed by atoms with Gasteiger partial charge in [0.15, 0.2) is 9.84 Å². The molecular weight excluding hydrogens is 472 g/mol. The Morgan fingerprint density at radius 2 is 1.97 bits per heavy atom. The third-order valence-corrected chi connectivity index (χ3v) is 8.42. The van der Waals surface area contributed by atoms with Gasteiger partial charge in [-0.25, -0.2) is 23.2 Å². The quantitative estimate of drug-likeness (QED) is 0.479. The van der Waals surface area contributed by atoms with Crippen LogP contribution >= 0.6 is 11.3 Å². The zero-order valence-electron chi connectivity index (χ0n) is 19.3. The van der Waals surface area contributed by atoms with E-state index in [1.165, 1.54) is 11.3 Å². The summed E-state index contributed by atoms with van der Waals surface area (Å²) in [4.78, 5) is 25.5. The molecule has 1 aliphatic heterocycles. The Labute approximate surface area is 204 Å². The van der Waals surface area contributed by atoms with Crippen molar-refractivity contribution in [2.24, 2.45) is 0 Å². The number of pyridine rings is 1. The lowest BCUT2D eigenvalue weighted by atomic mass is 10.0. The molecule has 0 saturated carbocycles. The van der Waals surface area contributed by atoms with Gasteiger partial charge in [0.2, 0.25) is 0 Å². The van der Waals surface area contributed by atoms with Crippen molar-refractivity contribution < 1.29 is 17.9 Å². The van der Waals surface area contributed by atoms with Crippen LogP contribution in [0.25, 0.3) is 11.3 Å². The van der Waals surface area contributed by atoms with Gasteiger partial charge in [0, 0.05) is 37.1 Å². The summed E-state index contributed by atoms with van der Waals surface area (Å²) in [5, 5.41) is 1.87. The molecule has 0 bridgehead atoms. The molecule has 0 N–H and O–H groups in total. The van der Waals surface area contributed by atoms with Crippen LogP contribution in [0.3, 0.4) is 0 Å². The summed E-state index contributed by atoms with van der Waals surface area (Å²) in [6, 6.07) is 12.8. The minimum atomic E-state index is -3.28. The third-order valence-electron chi connectivity index (χ3n) is 6.05. The summed E-state index contributed by atoms with van der Waals surface area (Å²) < 4.78 is 29.9. The molecule has 1 aliphatic rings. The number of carbonyl (C=O) groups excluding carboxylic acids is 1. The number of rotatable bonds is 7. The van der Waals surface area contributed by atoms with E-state index in [-0.39, 0.29) is 24.5 Å². The summed E-state index contributed by atoms with van der Waals surface area (Å²) in [6.45, 7) is 3.34. The molecule has 180 valence electrons. The van der Waals surface area contributed by atoms with Gasteiger partial charge >= 0.3 is 6.09 Å². The van der Waals surface area contributed by atoms with Gasteiger partial charge in [-0.3, -0.25) is 0 Å². The number of nitrogens with zero attached hydrogens (tertiary/aromatic N) is 4. The number of carbonyl (C=O) groups is 1. The number of benzene rings is 1. The summed E-state index contributed by atoms with van der Waals surface area (Å²) in [5.74, 6) is 0.902. The SMILES string of the molecule is CCS(=O)(=O)c1cccc(-c2cccc(N3CCC(N(C)C(=O)OCc4cscn4)CC3)n2)c1. The highest BCUT2D eigenvalue weighted by Crippen LogP contribution is 2.26. The van der Waals surface area contributed by atoms with Crippen LogP contribution in [0.2, 0.25) is 0 Å². The van der Waals surface area contributed by atoms with E-state index in [4.69, 9.17) is 9.72 Å². The maximum absolute atomic E-state index is 12.4. The smallest absolute Gasteiger partial charge is 0.410 e. The van der Waals surface area contributed by atoms with Crippen LogP contribution in [0, 0.1) is 0 Å². The van der Waals surface area contributed by atoms with Gasteiger partial charge in [-0.05, 0) is 37.1 Å². The van der Waals surface area contributed by atoms with Gasteiger partial charge in [0.05, 0.1) is 27.5 Å². The Kier molecular flexibility index (Phi) is 7.47. The van der Waals surface area contributed by atoms with Gasteiger partial charge in [0.1, 0.15) is 12.4 Å². The lowest BCUT2D eigenvalue weighted by Crippen LogP contribution is -2.46. The van der Waals surface area contributed by atoms with E-state index in [1.807, 2.05) is 29.6 Å². The second kappa shape index (κ2) is 10.5. The first kappa shape index (κ1) is 24.2. The van der Waals surface area contributed by atoms with Crippen LogP contribution in [0.1, 0.15) is 25.5 Å². The van der Waals surface area contributed by atoms with Gasteiger partial charge in [-0.1, -0.05) is 25.1 Å². The summed E-state index contributed by atoms with van der Waals surface area (Å²) >= 11 is 1.47. The normalized spacial score (nSPS) is 14.7. The minimum absolute atomic E-state index is 0.0612. The predicted molar refractivity (Wildman–Crippen MR) is 133 cm³/mol. The molecule has 0 radical (unpaired) electrons. The minimum Gasteiger partial charge on any atom is -0.443 e. The lowest BCUT2D eigenvalue weighted by molar-refractivity contribution is 0.0854. The van der Waals surface area contributed by atoms with Gasteiger partial charge < -0.3 is 14.5 Å². The second-order valence-corrected chi connectivity index (χ2v) is 11.2. The first-order valence-corrected chi connectivity index (χ1v) is 13.8. The van der Waals surface area contributed by atoms with E-state index < -0.39 is 9.84 Å². The molecule has 0 aliphatic carbocycles. The van der Waals surface area contributed by atoms with Crippen molar-refractivity contribution in [2.75, 3.05) is 30.8 Å².